The zero-order valence-corrected chi connectivity index (χ0v) is 10.5. The van der Waals surface area contributed by atoms with E-state index in [1.165, 1.54) is 0 Å². The second kappa shape index (κ2) is 4.19. The van der Waals surface area contributed by atoms with Gasteiger partial charge in [0.05, 0.1) is 11.2 Å². The molecule has 0 aromatic heterocycles. The lowest BCUT2D eigenvalue weighted by molar-refractivity contribution is -0.195. The molecule has 0 aliphatic rings. The van der Waals surface area contributed by atoms with Crippen LogP contribution in [0.4, 0.5) is 0 Å². The van der Waals surface area contributed by atoms with Crippen LogP contribution in [0.25, 0.3) is 0 Å². The number of rotatable bonds is 5. The molecule has 0 aliphatic heterocycles. The summed E-state index contributed by atoms with van der Waals surface area (Å²) >= 11 is 0. The first-order valence-corrected chi connectivity index (χ1v) is 5.63. The van der Waals surface area contributed by atoms with E-state index in [1.807, 2.05) is 0 Å². The van der Waals surface area contributed by atoms with E-state index < -0.39 is 11.2 Å². The lowest BCUT2D eigenvalue weighted by atomic mass is 9.61. The van der Waals surface area contributed by atoms with Crippen LogP contribution in [0, 0.1) is 5.41 Å². The van der Waals surface area contributed by atoms with E-state index in [-0.39, 0.29) is 5.41 Å². The molecule has 0 radical (unpaired) electrons. The maximum Gasteiger partial charge on any atom is 0.0955 e. The van der Waals surface area contributed by atoms with E-state index in [1.54, 1.807) is 20.8 Å². The molecule has 0 heterocycles. The first kappa shape index (κ1) is 13.9. The Balaban J connectivity index is 5.19. The summed E-state index contributed by atoms with van der Waals surface area (Å²) < 4.78 is 0. The fourth-order valence-electron chi connectivity index (χ4n) is 2.43. The topological polar surface area (TPSA) is 40.5 Å². The van der Waals surface area contributed by atoms with Crippen LogP contribution in [-0.4, -0.2) is 21.4 Å². The molecular formula is C12H26O2. The van der Waals surface area contributed by atoms with E-state index in [2.05, 4.69) is 20.8 Å². The van der Waals surface area contributed by atoms with Gasteiger partial charge in [-0.3, -0.25) is 0 Å². The van der Waals surface area contributed by atoms with Gasteiger partial charge < -0.3 is 10.2 Å². The van der Waals surface area contributed by atoms with Crippen LogP contribution in [0.2, 0.25) is 0 Å². The maximum absolute atomic E-state index is 10.5. The van der Waals surface area contributed by atoms with Gasteiger partial charge in [0.2, 0.25) is 0 Å². The summed E-state index contributed by atoms with van der Waals surface area (Å²) in [5, 5.41) is 20.5. The minimum absolute atomic E-state index is 0.189. The van der Waals surface area contributed by atoms with Crippen LogP contribution >= 0.6 is 0 Å². The molecule has 0 fully saturated rings. The van der Waals surface area contributed by atoms with E-state index in [9.17, 15) is 10.2 Å². The molecule has 86 valence electrons. The van der Waals surface area contributed by atoms with Crippen LogP contribution in [0.5, 0.6) is 0 Å². The molecule has 0 amide bonds. The van der Waals surface area contributed by atoms with Crippen LogP contribution in [0.3, 0.4) is 0 Å². The highest BCUT2D eigenvalue weighted by molar-refractivity contribution is 5.03. The quantitative estimate of drug-likeness (QED) is 0.719. The Morgan fingerprint density at radius 1 is 0.786 bits per heavy atom. The minimum atomic E-state index is -1.06. The first-order chi connectivity index (χ1) is 6.18. The van der Waals surface area contributed by atoms with Crippen molar-refractivity contribution in [2.75, 3.05) is 0 Å². The zero-order chi connectivity index (χ0) is 11.6. The fraction of sp³-hybridized carbons (Fsp3) is 1.00. The van der Waals surface area contributed by atoms with E-state index in [0.717, 1.165) is 19.3 Å². The molecule has 2 N–H and O–H groups in total. The monoisotopic (exact) mass is 202 g/mol. The molecule has 1 atom stereocenters. The van der Waals surface area contributed by atoms with Gasteiger partial charge >= 0.3 is 0 Å². The molecule has 0 aromatic rings. The van der Waals surface area contributed by atoms with Gasteiger partial charge in [-0.1, -0.05) is 20.8 Å². The Kier molecular flexibility index (Phi) is 4.17. The van der Waals surface area contributed by atoms with E-state index >= 15 is 0 Å². The molecule has 2 nitrogen and oxygen atoms in total. The second-order valence-corrected chi connectivity index (χ2v) is 4.97. The smallest absolute Gasteiger partial charge is 0.0955 e. The van der Waals surface area contributed by atoms with Crippen LogP contribution < -0.4 is 0 Å². The van der Waals surface area contributed by atoms with Gasteiger partial charge in [0.1, 0.15) is 0 Å². The Morgan fingerprint density at radius 2 is 1.07 bits per heavy atom. The molecule has 0 saturated carbocycles. The molecule has 0 rings (SSSR count). The molecule has 0 saturated heterocycles. The van der Waals surface area contributed by atoms with E-state index in [4.69, 9.17) is 0 Å². The lowest BCUT2D eigenvalue weighted by Crippen LogP contribution is -2.59. The second-order valence-electron chi connectivity index (χ2n) is 4.97. The van der Waals surface area contributed by atoms with Crippen molar-refractivity contribution in [2.45, 2.75) is 72.0 Å². The highest BCUT2D eigenvalue weighted by Gasteiger charge is 2.51. The molecule has 0 bridgehead atoms. The average molecular weight is 202 g/mol. The summed E-state index contributed by atoms with van der Waals surface area (Å²) in [5.74, 6) is 0. The summed E-state index contributed by atoms with van der Waals surface area (Å²) in [4.78, 5) is 0. The predicted molar refractivity (Wildman–Crippen MR) is 60.2 cm³/mol. The Morgan fingerprint density at radius 3 is 1.14 bits per heavy atom. The van der Waals surface area contributed by atoms with Crippen molar-refractivity contribution in [1.29, 1.82) is 0 Å². The number of aliphatic hydroxyl groups is 2. The van der Waals surface area contributed by atoms with Gasteiger partial charge in [0.25, 0.3) is 0 Å². The van der Waals surface area contributed by atoms with Gasteiger partial charge in [-0.05, 0) is 40.0 Å². The zero-order valence-electron chi connectivity index (χ0n) is 10.5. The highest BCUT2D eigenvalue weighted by atomic mass is 16.4. The molecule has 0 unspecified atom stereocenters. The average Bonchev–Trinajstić information content (AvgIpc) is 2.06. The Bertz CT molecular complexity index is 165. The van der Waals surface area contributed by atoms with Gasteiger partial charge in [0, 0.05) is 5.41 Å². The largest absolute Gasteiger partial charge is 0.387 e. The predicted octanol–water partition coefficient (Wildman–Crippen LogP) is 2.72. The third-order valence-electron chi connectivity index (χ3n) is 4.25. The van der Waals surface area contributed by atoms with Crippen molar-refractivity contribution in [1.82, 2.24) is 0 Å². The van der Waals surface area contributed by atoms with Gasteiger partial charge in [-0.15, -0.1) is 0 Å². The summed E-state index contributed by atoms with van der Waals surface area (Å²) in [5.41, 5.74) is -2.29. The molecule has 0 spiro atoms. The van der Waals surface area contributed by atoms with Crippen molar-refractivity contribution in [3.8, 4) is 0 Å². The summed E-state index contributed by atoms with van der Waals surface area (Å²) in [6.45, 7) is 11.3. The van der Waals surface area contributed by atoms with Crippen molar-refractivity contribution >= 4 is 0 Å². The summed E-state index contributed by atoms with van der Waals surface area (Å²) in [6, 6.07) is 0. The number of hydrogen-bond donors (Lipinski definition) is 2. The SMILES string of the molecule is CCC(CC)(CC)[C@@](C)(O)C(C)(C)O. The van der Waals surface area contributed by atoms with Crippen LogP contribution in [0.15, 0.2) is 0 Å². The van der Waals surface area contributed by atoms with Gasteiger partial charge in [-0.2, -0.15) is 0 Å². The van der Waals surface area contributed by atoms with Gasteiger partial charge in [-0.25, -0.2) is 0 Å². The highest BCUT2D eigenvalue weighted by Crippen LogP contribution is 2.46. The first-order valence-electron chi connectivity index (χ1n) is 5.63. The molecule has 2 heteroatoms. The van der Waals surface area contributed by atoms with Crippen molar-refractivity contribution in [3.05, 3.63) is 0 Å². The lowest BCUT2D eigenvalue weighted by Gasteiger charge is -2.50. The van der Waals surface area contributed by atoms with Crippen molar-refractivity contribution in [2.24, 2.45) is 5.41 Å². The fourth-order valence-corrected chi connectivity index (χ4v) is 2.43. The van der Waals surface area contributed by atoms with Crippen LogP contribution in [0.1, 0.15) is 60.8 Å². The normalized spacial score (nSPS) is 18.0. The molecule has 0 aromatic carbocycles. The Hall–Kier alpha value is -0.0800. The summed E-state index contributed by atoms with van der Waals surface area (Å²) in [7, 11) is 0. The van der Waals surface area contributed by atoms with Crippen molar-refractivity contribution < 1.29 is 10.2 Å². The summed E-state index contributed by atoms with van der Waals surface area (Å²) in [6.07, 6.45) is 2.66. The van der Waals surface area contributed by atoms with E-state index in [0.29, 0.717) is 0 Å². The minimum Gasteiger partial charge on any atom is -0.387 e. The Labute approximate surface area is 88.3 Å². The van der Waals surface area contributed by atoms with Gasteiger partial charge in [0.15, 0.2) is 0 Å². The molecule has 0 aliphatic carbocycles. The third-order valence-corrected chi connectivity index (χ3v) is 4.25. The van der Waals surface area contributed by atoms with Crippen molar-refractivity contribution in [3.63, 3.8) is 0 Å². The molecule has 14 heavy (non-hydrogen) atoms. The van der Waals surface area contributed by atoms with Crippen LogP contribution in [-0.2, 0) is 0 Å². The number of hydrogen-bond acceptors (Lipinski definition) is 2. The molecular weight excluding hydrogens is 176 g/mol. The maximum atomic E-state index is 10.5. The third kappa shape index (κ3) is 1.96. The standard InChI is InChI=1S/C12H26O2/c1-7-12(8-2,9-3)11(6,14)10(4,5)13/h13-14H,7-9H2,1-6H3/t11-/m0/s1.